The Hall–Kier alpha value is -0.850. The minimum atomic E-state index is 0.169. The maximum atomic E-state index is 5.93. The molecule has 2 aliphatic rings. The van der Waals surface area contributed by atoms with Gasteiger partial charge in [-0.3, -0.25) is 9.89 Å². The number of rotatable bonds is 6. The molecule has 2 rings (SSSR count). The van der Waals surface area contributed by atoms with Gasteiger partial charge in [-0.05, 0) is 40.5 Å². The number of nitrogens with zero attached hydrogens (tertiary/aromatic N) is 3. The van der Waals surface area contributed by atoms with Gasteiger partial charge in [-0.2, -0.15) is 0 Å². The Kier molecular flexibility index (Phi) is 7.78. The molecule has 2 aliphatic heterocycles. The van der Waals surface area contributed by atoms with E-state index in [9.17, 15) is 0 Å². The monoisotopic (exact) mass is 340 g/mol. The van der Waals surface area contributed by atoms with E-state index in [1.54, 1.807) is 0 Å². The first-order valence-corrected chi connectivity index (χ1v) is 9.47. The van der Waals surface area contributed by atoms with Crippen LogP contribution in [0.1, 0.15) is 40.5 Å². The fourth-order valence-corrected chi connectivity index (χ4v) is 3.73. The molecule has 0 aromatic heterocycles. The minimum Gasteiger partial charge on any atom is -0.375 e. The van der Waals surface area contributed by atoms with Crippen LogP contribution in [0, 0.1) is 0 Å². The van der Waals surface area contributed by atoms with Crippen LogP contribution in [-0.2, 0) is 9.47 Å². The van der Waals surface area contributed by atoms with Gasteiger partial charge in [0.2, 0.25) is 0 Å². The van der Waals surface area contributed by atoms with E-state index in [0.717, 1.165) is 58.2 Å². The summed E-state index contributed by atoms with van der Waals surface area (Å²) in [5.74, 6) is 0.980. The van der Waals surface area contributed by atoms with Gasteiger partial charge in [0, 0.05) is 51.9 Å². The smallest absolute Gasteiger partial charge is 0.193 e. The lowest BCUT2D eigenvalue weighted by molar-refractivity contribution is -0.0817. The summed E-state index contributed by atoms with van der Waals surface area (Å²) in [4.78, 5) is 9.28. The van der Waals surface area contributed by atoms with Gasteiger partial charge < -0.3 is 19.7 Å². The molecule has 0 aromatic carbocycles. The lowest BCUT2D eigenvalue weighted by Crippen LogP contribution is -2.54. The zero-order chi connectivity index (χ0) is 17.5. The van der Waals surface area contributed by atoms with E-state index in [-0.39, 0.29) is 12.2 Å². The summed E-state index contributed by atoms with van der Waals surface area (Å²) in [5.41, 5.74) is 0. The molecule has 2 heterocycles. The normalized spacial score (nSPS) is 26.0. The summed E-state index contributed by atoms with van der Waals surface area (Å²) < 4.78 is 11.7. The van der Waals surface area contributed by atoms with Gasteiger partial charge in [0.25, 0.3) is 0 Å². The fraction of sp³-hybridized carbons (Fsp3) is 0.944. The summed E-state index contributed by atoms with van der Waals surface area (Å²) in [7, 11) is 1.86. The van der Waals surface area contributed by atoms with Gasteiger partial charge >= 0.3 is 0 Å². The van der Waals surface area contributed by atoms with E-state index in [0.29, 0.717) is 12.1 Å². The third-order valence-corrected chi connectivity index (χ3v) is 4.96. The number of aliphatic imine (C=N–C) groups is 1. The second-order valence-corrected chi connectivity index (χ2v) is 7.31. The van der Waals surface area contributed by atoms with Gasteiger partial charge in [-0.15, -0.1) is 0 Å². The number of nitrogens with one attached hydrogen (secondary N) is 1. The number of hydrogen-bond acceptors (Lipinski definition) is 4. The summed E-state index contributed by atoms with van der Waals surface area (Å²) in [6.07, 6.45) is 2.69. The second-order valence-electron chi connectivity index (χ2n) is 7.31. The van der Waals surface area contributed by atoms with Crippen LogP contribution in [0.5, 0.6) is 0 Å². The van der Waals surface area contributed by atoms with Crippen molar-refractivity contribution in [3.8, 4) is 0 Å². The molecular formula is C18H36N4O2. The SMILES string of the molecule is CN=C(NCCN(C(C)C)C(C)C)N1CCOC(C2CCCO2)C1. The van der Waals surface area contributed by atoms with Crippen molar-refractivity contribution < 1.29 is 9.47 Å². The van der Waals surface area contributed by atoms with Crippen LogP contribution in [0.2, 0.25) is 0 Å². The Labute approximate surface area is 147 Å². The summed E-state index contributed by atoms with van der Waals surface area (Å²) in [6, 6.07) is 1.11. The first kappa shape index (κ1) is 19.5. The van der Waals surface area contributed by atoms with Crippen LogP contribution in [0.3, 0.4) is 0 Å². The van der Waals surface area contributed by atoms with E-state index in [1.165, 1.54) is 0 Å². The Morgan fingerprint density at radius 1 is 1.17 bits per heavy atom. The van der Waals surface area contributed by atoms with Crippen LogP contribution in [0.25, 0.3) is 0 Å². The van der Waals surface area contributed by atoms with Crippen LogP contribution in [0.4, 0.5) is 0 Å². The largest absolute Gasteiger partial charge is 0.375 e. The Bertz CT molecular complexity index is 386. The zero-order valence-electron chi connectivity index (χ0n) is 16.1. The van der Waals surface area contributed by atoms with Crippen LogP contribution in [0.15, 0.2) is 4.99 Å². The highest BCUT2D eigenvalue weighted by atomic mass is 16.5. The lowest BCUT2D eigenvalue weighted by atomic mass is 10.1. The van der Waals surface area contributed by atoms with E-state index in [4.69, 9.17) is 9.47 Å². The molecule has 24 heavy (non-hydrogen) atoms. The molecular weight excluding hydrogens is 304 g/mol. The molecule has 0 bridgehead atoms. The first-order chi connectivity index (χ1) is 11.5. The molecule has 6 nitrogen and oxygen atoms in total. The quantitative estimate of drug-likeness (QED) is 0.587. The number of morpholine rings is 1. The molecule has 2 unspecified atom stereocenters. The topological polar surface area (TPSA) is 49.3 Å². The van der Waals surface area contributed by atoms with Gasteiger partial charge in [-0.25, -0.2) is 0 Å². The molecule has 2 fully saturated rings. The molecule has 0 aliphatic carbocycles. The van der Waals surface area contributed by atoms with Crippen molar-refractivity contribution in [2.24, 2.45) is 4.99 Å². The van der Waals surface area contributed by atoms with Crippen molar-refractivity contribution in [2.75, 3.05) is 46.4 Å². The van der Waals surface area contributed by atoms with Crippen molar-refractivity contribution in [3.05, 3.63) is 0 Å². The Morgan fingerprint density at radius 2 is 1.88 bits per heavy atom. The summed E-state index contributed by atoms with van der Waals surface area (Å²) in [5, 5.41) is 3.53. The van der Waals surface area contributed by atoms with Gasteiger partial charge in [0.05, 0.1) is 12.7 Å². The van der Waals surface area contributed by atoms with Crippen LogP contribution in [-0.4, -0.2) is 86.5 Å². The molecule has 0 amide bonds. The average molecular weight is 341 g/mol. The summed E-state index contributed by atoms with van der Waals surface area (Å²) in [6.45, 7) is 14.3. The lowest BCUT2D eigenvalue weighted by Gasteiger charge is -2.37. The third kappa shape index (κ3) is 5.33. The van der Waals surface area contributed by atoms with E-state index in [1.807, 2.05) is 7.05 Å². The number of hydrogen-bond donors (Lipinski definition) is 1. The third-order valence-electron chi connectivity index (χ3n) is 4.96. The van der Waals surface area contributed by atoms with Crippen molar-refractivity contribution in [1.29, 1.82) is 0 Å². The van der Waals surface area contributed by atoms with Crippen molar-refractivity contribution in [2.45, 2.75) is 64.8 Å². The predicted octanol–water partition coefficient (Wildman–Crippen LogP) is 1.56. The molecule has 0 saturated carbocycles. The van der Waals surface area contributed by atoms with Gasteiger partial charge in [0.1, 0.15) is 6.10 Å². The number of ether oxygens (including phenoxy) is 2. The molecule has 140 valence electrons. The molecule has 2 atom stereocenters. The fourth-order valence-electron chi connectivity index (χ4n) is 3.73. The molecule has 0 radical (unpaired) electrons. The minimum absolute atomic E-state index is 0.169. The van der Waals surface area contributed by atoms with E-state index in [2.05, 4.69) is 47.8 Å². The Balaban J connectivity index is 1.82. The molecule has 6 heteroatoms. The molecule has 0 spiro atoms. The number of guanidine groups is 1. The zero-order valence-corrected chi connectivity index (χ0v) is 16.1. The van der Waals surface area contributed by atoms with E-state index < -0.39 is 0 Å². The summed E-state index contributed by atoms with van der Waals surface area (Å²) >= 11 is 0. The Morgan fingerprint density at radius 3 is 2.46 bits per heavy atom. The molecule has 2 saturated heterocycles. The van der Waals surface area contributed by atoms with Crippen LogP contribution < -0.4 is 5.32 Å². The second kappa shape index (κ2) is 9.59. The van der Waals surface area contributed by atoms with Gasteiger partial charge in [0.15, 0.2) is 5.96 Å². The average Bonchev–Trinajstić information content (AvgIpc) is 3.09. The highest BCUT2D eigenvalue weighted by Crippen LogP contribution is 2.21. The van der Waals surface area contributed by atoms with Crippen LogP contribution >= 0.6 is 0 Å². The highest BCUT2D eigenvalue weighted by Gasteiger charge is 2.32. The maximum Gasteiger partial charge on any atom is 0.193 e. The highest BCUT2D eigenvalue weighted by molar-refractivity contribution is 5.80. The van der Waals surface area contributed by atoms with Gasteiger partial charge in [-0.1, -0.05) is 0 Å². The first-order valence-electron chi connectivity index (χ1n) is 9.47. The molecule has 1 N–H and O–H groups in total. The van der Waals surface area contributed by atoms with Crippen molar-refractivity contribution in [1.82, 2.24) is 15.1 Å². The maximum absolute atomic E-state index is 5.93. The molecule has 0 aromatic rings. The van der Waals surface area contributed by atoms with Crippen molar-refractivity contribution >= 4 is 5.96 Å². The standard InChI is InChI=1S/C18H36N4O2/c1-14(2)22(15(3)4)9-8-20-18(19-5)21-10-12-24-17(13-21)16-7-6-11-23-16/h14-17H,6-13H2,1-5H3,(H,19,20). The van der Waals surface area contributed by atoms with E-state index >= 15 is 0 Å². The van der Waals surface area contributed by atoms with Crippen molar-refractivity contribution in [3.63, 3.8) is 0 Å². The predicted molar refractivity (Wildman–Crippen MR) is 98.6 cm³/mol.